The van der Waals surface area contributed by atoms with Gasteiger partial charge in [0.25, 0.3) is 11.8 Å². The van der Waals surface area contributed by atoms with Crippen LogP contribution in [0.15, 0.2) is 72.8 Å². The van der Waals surface area contributed by atoms with Crippen LogP contribution in [0.1, 0.15) is 33.2 Å². The van der Waals surface area contributed by atoms with Crippen molar-refractivity contribution in [2.45, 2.75) is 13.5 Å². The van der Waals surface area contributed by atoms with Crippen molar-refractivity contribution < 1.29 is 14.4 Å². The second kappa shape index (κ2) is 7.59. The summed E-state index contributed by atoms with van der Waals surface area (Å²) in [6, 6.07) is 22.1. The number of hydrazine groups is 1. The quantitative estimate of drug-likeness (QED) is 0.720. The smallest absolute Gasteiger partial charge is 0.275 e. The van der Waals surface area contributed by atoms with Gasteiger partial charge in [0.05, 0.1) is 17.8 Å². The Bertz CT molecular complexity index is 1100. The lowest BCUT2D eigenvalue weighted by molar-refractivity contribution is -0.122. The van der Waals surface area contributed by atoms with Crippen LogP contribution < -0.4 is 10.7 Å². The maximum atomic E-state index is 13.0. The fourth-order valence-electron chi connectivity index (χ4n) is 3.48. The largest absolute Gasteiger partial charge is 0.321 e. The molecule has 144 valence electrons. The van der Waals surface area contributed by atoms with Crippen LogP contribution in [-0.2, 0) is 11.3 Å². The van der Waals surface area contributed by atoms with Crippen LogP contribution in [0.5, 0.6) is 0 Å². The second-order valence-electron chi connectivity index (χ2n) is 6.76. The Balaban J connectivity index is 1.77. The Morgan fingerprint density at radius 3 is 2.21 bits per heavy atom. The molecule has 3 amide bonds. The summed E-state index contributed by atoms with van der Waals surface area (Å²) in [5.74, 6) is -0.982. The van der Waals surface area contributed by atoms with Crippen molar-refractivity contribution in [2.24, 2.45) is 0 Å². The molecule has 1 heterocycles. The fourth-order valence-corrected chi connectivity index (χ4v) is 3.48. The molecule has 0 saturated carbocycles. The zero-order chi connectivity index (χ0) is 20.4. The minimum absolute atomic E-state index is 0.229. The fraction of sp³-hybridized carbons (Fsp3) is 0.0870. The van der Waals surface area contributed by atoms with Gasteiger partial charge in [-0.25, -0.2) is 5.01 Å². The van der Waals surface area contributed by atoms with Crippen molar-refractivity contribution in [3.05, 3.63) is 89.5 Å². The molecule has 6 heteroatoms. The number of rotatable bonds is 4. The lowest BCUT2D eigenvalue weighted by Gasteiger charge is -2.15. The van der Waals surface area contributed by atoms with E-state index in [0.29, 0.717) is 16.8 Å². The minimum atomic E-state index is -0.351. The first-order valence-corrected chi connectivity index (χ1v) is 9.21. The number of nitrogens with zero attached hydrogens (tertiary/aromatic N) is 1. The molecule has 0 atom stereocenters. The number of carbonyl (C=O) groups excluding carboxylic acids is 3. The lowest BCUT2D eigenvalue weighted by atomic mass is 9.95. The third-order valence-electron chi connectivity index (χ3n) is 4.75. The van der Waals surface area contributed by atoms with E-state index in [0.717, 1.165) is 16.7 Å². The summed E-state index contributed by atoms with van der Waals surface area (Å²) in [4.78, 5) is 37.2. The van der Waals surface area contributed by atoms with Crippen molar-refractivity contribution >= 4 is 23.4 Å². The van der Waals surface area contributed by atoms with Crippen molar-refractivity contribution in [3.8, 4) is 11.1 Å². The Morgan fingerprint density at radius 1 is 0.897 bits per heavy atom. The molecule has 4 rings (SSSR count). The van der Waals surface area contributed by atoms with Crippen LogP contribution in [-0.4, -0.2) is 22.7 Å². The van der Waals surface area contributed by atoms with Crippen LogP contribution in [0.3, 0.4) is 0 Å². The monoisotopic (exact) mass is 385 g/mol. The van der Waals surface area contributed by atoms with Crippen molar-refractivity contribution in [1.29, 1.82) is 0 Å². The molecule has 3 aromatic rings. The molecule has 0 spiro atoms. The maximum absolute atomic E-state index is 13.0. The van der Waals surface area contributed by atoms with Gasteiger partial charge in [-0.05, 0) is 34.9 Å². The summed E-state index contributed by atoms with van der Waals surface area (Å²) in [7, 11) is 0. The van der Waals surface area contributed by atoms with E-state index in [4.69, 9.17) is 0 Å². The normalized spacial score (nSPS) is 12.4. The summed E-state index contributed by atoms with van der Waals surface area (Å²) in [5, 5.41) is 4.12. The Kier molecular flexibility index (Phi) is 4.83. The predicted molar refractivity (Wildman–Crippen MR) is 110 cm³/mol. The molecule has 0 aromatic heterocycles. The maximum Gasteiger partial charge on any atom is 0.275 e. The molecule has 0 aliphatic carbocycles. The molecular formula is C23H19N3O3. The highest BCUT2D eigenvalue weighted by molar-refractivity contribution is 6.11. The van der Waals surface area contributed by atoms with Gasteiger partial charge in [-0.1, -0.05) is 54.6 Å². The van der Waals surface area contributed by atoms with Gasteiger partial charge in [0.2, 0.25) is 5.91 Å². The topological polar surface area (TPSA) is 78.5 Å². The van der Waals surface area contributed by atoms with Crippen LogP contribution in [0, 0.1) is 0 Å². The molecule has 1 aliphatic rings. The number of carbonyl (C=O) groups is 3. The number of hydrogen-bond acceptors (Lipinski definition) is 3. The molecule has 2 N–H and O–H groups in total. The first kappa shape index (κ1) is 18.4. The van der Waals surface area contributed by atoms with E-state index in [-0.39, 0.29) is 24.3 Å². The molecule has 0 saturated heterocycles. The van der Waals surface area contributed by atoms with Gasteiger partial charge in [-0.15, -0.1) is 0 Å². The first-order chi connectivity index (χ1) is 14.0. The van der Waals surface area contributed by atoms with E-state index in [9.17, 15) is 14.4 Å². The average molecular weight is 385 g/mol. The van der Waals surface area contributed by atoms with Gasteiger partial charge in [0.15, 0.2) is 0 Å². The van der Waals surface area contributed by atoms with E-state index in [1.54, 1.807) is 30.3 Å². The van der Waals surface area contributed by atoms with Crippen LogP contribution in [0.4, 0.5) is 5.69 Å². The standard InChI is InChI=1S/C23H19N3O3/c1-15(27)25-26-14-19-18(16-8-4-2-5-9-16)12-13-20(21(19)23(26)29)24-22(28)17-10-6-3-7-11-17/h2-13H,14H2,1H3,(H,24,28)(H,25,27). The molecule has 0 fully saturated rings. The SMILES string of the molecule is CC(=O)NN1Cc2c(-c3ccccc3)ccc(NC(=O)c3ccccc3)c2C1=O. The second-order valence-corrected chi connectivity index (χ2v) is 6.76. The third kappa shape index (κ3) is 3.60. The highest BCUT2D eigenvalue weighted by atomic mass is 16.2. The van der Waals surface area contributed by atoms with Crippen molar-refractivity contribution in [3.63, 3.8) is 0 Å². The Morgan fingerprint density at radius 2 is 1.55 bits per heavy atom. The van der Waals surface area contributed by atoms with Crippen molar-refractivity contribution in [2.75, 3.05) is 5.32 Å². The van der Waals surface area contributed by atoms with Gasteiger partial charge in [-0.2, -0.15) is 0 Å². The summed E-state index contributed by atoms with van der Waals surface area (Å²) >= 11 is 0. The number of fused-ring (bicyclic) bond motifs is 1. The number of anilines is 1. The van der Waals surface area contributed by atoms with E-state index >= 15 is 0 Å². The number of amides is 3. The van der Waals surface area contributed by atoms with E-state index in [1.165, 1.54) is 11.9 Å². The third-order valence-corrected chi connectivity index (χ3v) is 4.75. The molecule has 1 aliphatic heterocycles. The molecular weight excluding hydrogens is 366 g/mol. The predicted octanol–water partition coefficient (Wildman–Crippen LogP) is 3.61. The number of benzene rings is 3. The van der Waals surface area contributed by atoms with Gasteiger partial charge >= 0.3 is 0 Å². The molecule has 0 unspecified atom stereocenters. The van der Waals surface area contributed by atoms with Gasteiger partial charge in [0.1, 0.15) is 0 Å². The van der Waals surface area contributed by atoms with Gasteiger partial charge < -0.3 is 5.32 Å². The Hall–Kier alpha value is -3.93. The van der Waals surface area contributed by atoms with Crippen LogP contribution in [0.2, 0.25) is 0 Å². The van der Waals surface area contributed by atoms with Crippen LogP contribution >= 0.6 is 0 Å². The highest BCUT2D eigenvalue weighted by Crippen LogP contribution is 2.36. The van der Waals surface area contributed by atoms with Gasteiger partial charge in [-0.3, -0.25) is 19.8 Å². The zero-order valence-electron chi connectivity index (χ0n) is 15.8. The van der Waals surface area contributed by atoms with Crippen molar-refractivity contribution in [1.82, 2.24) is 10.4 Å². The molecule has 3 aromatic carbocycles. The van der Waals surface area contributed by atoms with E-state index in [1.807, 2.05) is 42.5 Å². The van der Waals surface area contributed by atoms with E-state index in [2.05, 4.69) is 10.7 Å². The van der Waals surface area contributed by atoms with Gasteiger partial charge in [0, 0.05) is 12.5 Å². The first-order valence-electron chi connectivity index (χ1n) is 9.21. The van der Waals surface area contributed by atoms with Crippen LogP contribution in [0.25, 0.3) is 11.1 Å². The molecule has 6 nitrogen and oxygen atoms in total. The molecule has 29 heavy (non-hydrogen) atoms. The zero-order valence-corrected chi connectivity index (χ0v) is 15.8. The average Bonchev–Trinajstić information content (AvgIpc) is 3.05. The summed E-state index contributed by atoms with van der Waals surface area (Å²) in [6.07, 6.45) is 0. The summed E-state index contributed by atoms with van der Waals surface area (Å²) < 4.78 is 0. The number of hydrogen-bond donors (Lipinski definition) is 2. The number of nitrogens with one attached hydrogen (secondary N) is 2. The molecule has 0 radical (unpaired) electrons. The minimum Gasteiger partial charge on any atom is -0.321 e. The summed E-state index contributed by atoms with van der Waals surface area (Å²) in [6.45, 7) is 1.58. The molecule has 0 bridgehead atoms. The Labute approximate surface area is 168 Å². The lowest BCUT2D eigenvalue weighted by Crippen LogP contribution is -2.41. The summed E-state index contributed by atoms with van der Waals surface area (Å²) in [5.41, 5.74) is 6.49. The highest BCUT2D eigenvalue weighted by Gasteiger charge is 2.33. The van der Waals surface area contributed by atoms with E-state index < -0.39 is 0 Å².